The lowest BCUT2D eigenvalue weighted by atomic mass is 10.0. The van der Waals surface area contributed by atoms with Crippen LogP contribution in [-0.2, 0) is 51.2 Å². The number of guanidine groups is 2. The number of primary amides is 2. The second kappa shape index (κ2) is 32.9. The molecule has 23 N–H and O–H groups in total. The number of benzene rings is 2. The van der Waals surface area contributed by atoms with Crippen LogP contribution in [0.15, 0.2) is 70.8 Å². The topological polar surface area (TPSA) is 479 Å². The maximum Gasteiger partial charge on any atom is 0.312 e. The summed E-state index contributed by atoms with van der Waals surface area (Å²) in [5, 5.41) is 37.0. The van der Waals surface area contributed by atoms with Crippen LogP contribution in [0.4, 0.5) is 4.79 Å². The summed E-state index contributed by atoms with van der Waals surface area (Å²) in [6.07, 6.45) is 0.728. The van der Waals surface area contributed by atoms with Gasteiger partial charge < -0.3 is 87.0 Å². The number of aliphatic imine (C=N–C) groups is 2. The molecule has 3 aromatic rings. The lowest BCUT2D eigenvalue weighted by Crippen LogP contribution is -2.62. The van der Waals surface area contributed by atoms with Crippen molar-refractivity contribution in [2.24, 2.45) is 44.4 Å². The van der Waals surface area contributed by atoms with Gasteiger partial charge in [0.1, 0.15) is 36.4 Å². The van der Waals surface area contributed by atoms with E-state index in [1.165, 1.54) is 6.92 Å². The molecule has 1 saturated heterocycles. The second-order valence-corrected chi connectivity index (χ2v) is 19.2. The van der Waals surface area contributed by atoms with E-state index in [1.807, 2.05) is 24.3 Å². The molecule has 8 atom stereocenters. The average Bonchev–Trinajstić information content (AvgIpc) is 3.86. The first-order chi connectivity index (χ1) is 37.7. The Morgan fingerprint density at radius 1 is 0.722 bits per heavy atom. The number of H-pyrrole nitrogens is 1. The predicted molar refractivity (Wildman–Crippen MR) is 294 cm³/mol. The lowest BCUT2D eigenvalue weighted by Gasteiger charge is -2.31. The van der Waals surface area contributed by atoms with Crippen LogP contribution in [0.1, 0.15) is 88.7 Å². The van der Waals surface area contributed by atoms with Gasteiger partial charge in [-0.1, -0.05) is 61.4 Å². The summed E-state index contributed by atoms with van der Waals surface area (Å²) >= 11 is 0. The van der Waals surface area contributed by atoms with Crippen molar-refractivity contribution in [1.29, 1.82) is 0 Å². The van der Waals surface area contributed by atoms with E-state index in [0.29, 0.717) is 30.4 Å². The SMILES string of the molecule is CC(=O)N[C@@H](CCCN=C(N)N)C(=O)N[C@H]1CC(=O)NCCCCC[C@@H](C(N)=O)NC(=O)[C@H](Cc2c[nH]c3ccccc23)NC(=O)[C@H](CCCN=C(N)N)NC(=O)[C@@H](Cc2ccccc2)NC(O)[C@H](CCCNC(N)=O)NC1=O. The second-order valence-electron chi connectivity index (χ2n) is 19.2. The summed E-state index contributed by atoms with van der Waals surface area (Å²) in [5.41, 5.74) is 35.2. The number of carbonyl (C=O) groups is 9. The van der Waals surface area contributed by atoms with Crippen molar-refractivity contribution in [2.75, 3.05) is 26.2 Å². The van der Waals surface area contributed by atoms with Gasteiger partial charge >= 0.3 is 6.03 Å². The number of aromatic nitrogens is 1. The number of hydrogen-bond donors (Lipinski definition) is 17. The zero-order valence-electron chi connectivity index (χ0n) is 44.4. The molecule has 1 unspecified atom stereocenters. The predicted octanol–water partition coefficient (Wildman–Crippen LogP) is -3.72. The van der Waals surface area contributed by atoms with E-state index < -0.39 is 108 Å². The molecule has 1 aliphatic rings. The highest BCUT2D eigenvalue weighted by atomic mass is 16.3. The Hall–Kier alpha value is -8.53. The standard InChI is InChI=1S/C51H78N18O10/c1-29(70)63-35(18-10-22-59-49(53)54)43(73)69-40-27-41(71)58-21-9-3-6-17-34(42(52)72)64-47(77)39(26-31-28-62-33-16-8-7-15-32(31)33)68-45(75)36(19-11-23-60-50(55)56)65-46(76)38(25-30-13-4-2-5-14-30)67-44(74)37(66-48(40)78)20-12-24-61-51(57)79/h2,4-5,7-8,13-16,28,34-40,44,62,67,74H,3,6,9-12,17-27H2,1H3,(H2,52,72)(H,58,71)(H,63,70)(H,64,77)(H,65,76)(H,66,78)(H,68,75)(H,69,73)(H4,53,54,59)(H4,55,56,60)(H3,57,61,79)/t34-,35-,36-,37-,38+,39-,40-,44?/m0/s1. The molecule has 28 heteroatoms. The molecular weight excluding hydrogens is 1020 g/mol. The van der Waals surface area contributed by atoms with E-state index in [1.54, 1.807) is 36.5 Å². The highest BCUT2D eigenvalue weighted by Gasteiger charge is 2.35. The molecule has 1 fully saturated rings. The number of aliphatic hydroxyl groups is 1. The van der Waals surface area contributed by atoms with Gasteiger partial charge in [0.2, 0.25) is 47.3 Å². The van der Waals surface area contributed by atoms with Crippen LogP contribution < -0.4 is 82.3 Å². The van der Waals surface area contributed by atoms with Crippen molar-refractivity contribution in [1.82, 2.24) is 52.8 Å². The maximum atomic E-state index is 14.8. The summed E-state index contributed by atoms with van der Waals surface area (Å²) < 4.78 is 0. The van der Waals surface area contributed by atoms with Gasteiger partial charge in [-0.25, -0.2) is 4.79 Å². The minimum Gasteiger partial charge on any atom is -0.376 e. The van der Waals surface area contributed by atoms with E-state index in [2.05, 4.69) is 62.8 Å². The Morgan fingerprint density at radius 2 is 1.38 bits per heavy atom. The van der Waals surface area contributed by atoms with Crippen LogP contribution in [0.5, 0.6) is 0 Å². The summed E-state index contributed by atoms with van der Waals surface area (Å²) in [7, 11) is 0. The third-order valence-electron chi connectivity index (χ3n) is 12.8. The monoisotopic (exact) mass is 1100 g/mol. The van der Waals surface area contributed by atoms with Crippen LogP contribution in [-0.4, -0.2) is 150 Å². The number of fused-ring (bicyclic) bond motifs is 1. The molecule has 1 aromatic heterocycles. The highest BCUT2D eigenvalue weighted by molar-refractivity contribution is 5.96. The zero-order chi connectivity index (χ0) is 57.9. The quantitative estimate of drug-likeness (QED) is 0.0294. The Bertz CT molecular complexity index is 2590. The molecule has 0 saturated carbocycles. The van der Waals surface area contributed by atoms with Gasteiger partial charge in [0.25, 0.3) is 0 Å². The molecule has 0 radical (unpaired) electrons. The van der Waals surface area contributed by atoms with E-state index in [-0.39, 0.29) is 95.9 Å². The first kappa shape index (κ1) is 63.0. The maximum absolute atomic E-state index is 14.8. The minimum absolute atomic E-state index is 0.0116. The van der Waals surface area contributed by atoms with Crippen LogP contribution in [0.3, 0.4) is 0 Å². The van der Waals surface area contributed by atoms with Crippen molar-refractivity contribution in [2.45, 2.75) is 139 Å². The number of urea groups is 1. The molecule has 432 valence electrons. The van der Waals surface area contributed by atoms with E-state index >= 15 is 0 Å². The molecule has 0 bridgehead atoms. The zero-order valence-corrected chi connectivity index (χ0v) is 44.4. The lowest BCUT2D eigenvalue weighted by molar-refractivity contribution is -0.135. The Labute approximate surface area is 457 Å². The van der Waals surface area contributed by atoms with Crippen molar-refractivity contribution in [3.63, 3.8) is 0 Å². The number of aliphatic hydroxyl groups excluding tert-OH is 1. The summed E-state index contributed by atoms with van der Waals surface area (Å²) in [6, 6.07) is 5.79. The molecule has 28 nitrogen and oxygen atoms in total. The number of amides is 10. The van der Waals surface area contributed by atoms with Crippen LogP contribution >= 0.6 is 0 Å². The largest absolute Gasteiger partial charge is 0.376 e. The molecule has 4 rings (SSSR count). The van der Waals surface area contributed by atoms with Crippen LogP contribution in [0.25, 0.3) is 10.9 Å². The van der Waals surface area contributed by atoms with Gasteiger partial charge in [-0.05, 0) is 75.0 Å². The molecule has 1 aliphatic heterocycles. The van der Waals surface area contributed by atoms with E-state index in [4.69, 9.17) is 34.4 Å². The first-order valence-corrected chi connectivity index (χ1v) is 26.2. The van der Waals surface area contributed by atoms with Gasteiger partial charge in [0, 0.05) is 56.6 Å². The molecule has 0 spiro atoms. The normalized spacial score (nSPS) is 21.7. The Kier molecular flexibility index (Phi) is 26.3. The summed E-state index contributed by atoms with van der Waals surface area (Å²) in [4.78, 5) is 134. The number of hydrogen-bond acceptors (Lipinski definition) is 13. The van der Waals surface area contributed by atoms with Crippen molar-refractivity contribution in [3.8, 4) is 0 Å². The number of rotatable bonds is 20. The number of nitrogens with zero attached hydrogens (tertiary/aromatic N) is 2. The minimum atomic E-state index is -1.79. The fourth-order valence-electron chi connectivity index (χ4n) is 8.76. The van der Waals surface area contributed by atoms with Gasteiger partial charge in [-0.3, -0.25) is 53.7 Å². The van der Waals surface area contributed by atoms with E-state index in [0.717, 1.165) is 10.9 Å². The molecule has 79 heavy (non-hydrogen) atoms. The average molecular weight is 1100 g/mol. The molecule has 2 aromatic carbocycles. The fraction of sp³-hybridized carbons (Fsp3) is 0.510. The van der Waals surface area contributed by atoms with Gasteiger partial charge in [-0.15, -0.1) is 0 Å². The van der Waals surface area contributed by atoms with Crippen molar-refractivity contribution in [3.05, 3.63) is 71.9 Å². The number of para-hydroxylation sites is 1. The third kappa shape index (κ3) is 22.9. The molecular formula is C51H78N18O10. The Morgan fingerprint density at radius 3 is 2.06 bits per heavy atom. The summed E-state index contributed by atoms with van der Waals surface area (Å²) in [5.74, 6) is -6.60. The number of aromatic amines is 1. The fourth-order valence-corrected chi connectivity index (χ4v) is 8.76. The number of carbonyl (C=O) groups excluding carboxylic acids is 9. The van der Waals surface area contributed by atoms with Gasteiger partial charge in [0.15, 0.2) is 11.9 Å². The highest BCUT2D eigenvalue weighted by Crippen LogP contribution is 2.20. The van der Waals surface area contributed by atoms with Gasteiger partial charge in [0.05, 0.1) is 18.5 Å². The van der Waals surface area contributed by atoms with Crippen LogP contribution in [0, 0.1) is 0 Å². The number of nitrogens with one attached hydrogen (secondary N) is 10. The molecule has 10 amide bonds. The molecule has 0 aliphatic carbocycles. The Balaban J connectivity index is 1.78. The van der Waals surface area contributed by atoms with E-state index in [9.17, 15) is 48.3 Å². The first-order valence-electron chi connectivity index (χ1n) is 26.2. The smallest absolute Gasteiger partial charge is 0.312 e. The number of nitrogens with two attached hydrogens (primary N) is 6. The third-order valence-corrected chi connectivity index (χ3v) is 12.8. The summed E-state index contributed by atoms with van der Waals surface area (Å²) in [6.45, 7) is 1.42. The van der Waals surface area contributed by atoms with Gasteiger partial charge in [-0.2, -0.15) is 0 Å². The van der Waals surface area contributed by atoms with Crippen molar-refractivity contribution < 1.29 is 48.3 Å². The molecule has 2 heterocycles. The van der Waals surface area contributed by atoms with Crippen LogP contribution in [0.2, 0.25) is 0 Å². The van der Waals surface area contributed by atoms with Crippen molar-refractivity contribution >= 4 is 76.1 Å².